The Bertz CT molecular complexity index is 258. The van der Waals surface area contributed by atoms with Crippen LogP contribution in [0.15, 0.2) is 34.5 Å². The van der Waals surface area contributed by atoms with Crippen molar-refractivity contribution in [1.29, 1.82) is 0 Å². The SMILES string of the molecule is O=C(O)C1=CCCC1.c1ccsc1. The molecule has 0 bridgehead atoms. The largest absolute Gasteiger partial charge is 0.478 e. The second-order valence-electron chi connectivity index (χ2n) is 2.72. The number of rotatable bonds is 1. The van der Waals surface area contributed by atoms with E-state index in [1.807, 2.05) is 22.9 Å². The molecule has 70 valence electrons. The molecule has 1 aromatic heterocycles. The number of allylic oxidation sites excluding steroid dienone is 1. The molecule has 2 nitrogen and oxygen atoms in total. The van der Waals surface area contributed by atoms with Crippen LogP contribution in [0.4, 0.5) is 0 Å². The summed E-state index contributed by atoms with van der Waals surface area (Å²) >= 11 is 1.71. The zero-order valence-electron chi connectivity index (χ0n) is 7.27. The van der Waals surface area contributed by atoms with Crippen LogP contribution in [0.2, 0.25) is 0 Å². The summed E-state index contributed by atoms with van der Waals surface area (Å²) in [5.41, 5.74) is 0.588. The van der Waals surface area contributed by atoms with Crippen molar-refractivity contribution in [3.63, 3.8) is 0 Å². The van der Waals surface area contributed by atoms with Gasteiger partial charge in [0.25, 0.3) is 0 Å². The quantitative estimate of drug-likeness (QED) is 0.749. The number of thiophene rings is 1. The van der Waals surface area contributed by atoms with Gasteiger partial charge in [0.1, 0.15) is 0 Å². The topological polar surface area (TPSA) is 37.3 Å². The molecule has 0 atom stereocenters. The van der Waals surface area contributed by atoms with Gasteiger partial charge in [-0.25, -0.2) is 4.79 Å². The highest BCUT2D eigenvalue weighted by Gasteiger charge is 2.09. The van der Waals surface area contributed by atoms with Crippen LogP contribution >= 0.6 is 11.3 Å². The maximum absolute atomic E-state index is 10.1. The third-order valence-electron chi connectivity index (χ3n) is 1.74. The van der Waals surface area contributed by atoms with Gasteiger partial charge in [0.15, 0.2) is 0 Å². The Morgan fingerprint density at radius 1 is 1.38 bits per heavy atom. The van der Waals surface area contributed by atoms with Crippen LogP contribution in [0.5, 0.6) is 0 Å². The van der Waals surface area contributed by atoms with E-state index in [0.717, 1.165) is 19.3 Å². The molecule has 0 radical (unpaired) electrons. The van der Waals surface area contributed by atoms with Gasteiger partial charge in [-0.05, 0) is 30.0 Å². The van der Waals surface area contributed by atoms with E-state index in [-0.39, 0.29) is 0 Å². The lowest BCUT2D eigenvalue weighted by Gasteiger charge is -1.87. The lowest BCUT2D eigenvalue weighted by molar-refractivity contribution is -0.132. The van der Waals surface area contributed by atoms with Crippen LogP contribution < -0.4 is 0 Å². The molecule has 0 unspecified atom stereocenters. The molecule has 2 rings (SSSR count). The summed E-state index contributed by atoms with van der Waals surface area (Å²) in [4.78, 5) is 10.1. The van der Waals surface area contributed by atoms with Crippen LogP contribution in [0.3, 0.4) is 0 Å². The molecule has 0 fully saturated rings. The van der Waals surface area contributed by atoms with E-state index in [4.69, 9.17) is 5.11 Å². The van der Waals surface area contributed by atoms with Gasteiger partial charge < -0.3 is 5.11 Å². The minimum absolute atomic E-state index is 0.588. The number of hydrogen-bond acceptors (Lipinski definition) is 2. The molecule has 0 saturated heterocycles. The molecule has 0 aromatic carbocycles. The maximum atomic E-state index is 10.1. The number of hydrogen-bond donors (Lipinski definition) is 1. The highest BCUT2D eigenvalue weighted by molar-refractivity contribution is 7.07. The molecule has 0 saturated carbocycles. The third kappa shape index (κ3) is 3.90. The first kappa shape index (κ1) is 9.99. The standard InChI is InChI=1S/C6H8O2.C4H4S/c7-6(8)5-3-1-2-4-5;1-2-4-5-3-1/h3H,1-2,4H2,(H,7,8);1-4H. The van der Waals surface area contributed by atoms with Crippen LogP contribution in [0.1, 0.15) is 19.3 Å². The Labute approximate surface area is 81.5 Å². The lowest BCUT2D eigenvalue weighted by Crippen LogP contribution is -1.95. The van der Waals surface area contributed by atoms with Crippen molar-refractivity contribution in [2.75, 3.05) is 0 Å². The molecule has 0 aliphatic heterocycles. The van der Waals surface area contributed by atoms with Gasteiger partial charge in [-0.1, -0.05) is 18.2 Å². The normalized spacial score (nSPS) is 14.3. The molecule has 0 amide bonds. The third-order valence-corrected chi connectivity index (χ3v) is 2.37. The summed E-state index contributed by atoms with van der Waals surface area (Å²) in [6, 6.07) is 4.04. The highest BCUT2D eigenvalue weighted by Crippen LogP contribution is 2.16. The van der Waals surface area contributed by atoms with Gasteiger partial charge in [0, 0.05) is 5.57 Å². The molecule has 1 aliphatic rings. The molecule has 13 heavy (non-hydrogen) atoms. The molecule has 1 heterocycles. The molecule has 0 spiro atoms. The van der Waals surface area contributed by atoms with E-state index in [9.17, 15) is 4.79 Å². The monoisotopic (exact) mass is 196 g/mol. The highest BCUT2D eigenvalue weighted by atomic mass is 32.1. The average molecular weight is 196 g/mol. The second kappa shape index (κ2) is 5.54. The predicted molar refractivity (Wildman–Crippen MR) is 53.9 cm³/mol. The Hall–Kier alpha value is -1.09. The summed E-state index contributed by atoms with van der Waals surface area (Å²) in [6.45, 7) is 0. The minimum Gasteiger partial charge on any atom is -0.478 e. The zero-order valence-corrected chi connectivity index (χ0v) is 8.09. The van der Waals surface area contributed by atoms with E-state index in [1.165, 1.54) is 0 Å². The van der Waals surface area contributed by atoms with Crippen LogP contribution in [-0.4, -0.2) is 11.1 Å². The summed E-state index contributed by atoms with van der Waals surface area (Å²) in [7, 11) is 0. The summed E-state index contributed by atoms with van der Waals surface area (Å²) < 4.78 is 0. The van der Waals surface area contributed by atoms with Crippen molar-refractivity contribution in [3.8, 4) is 0 Å². The van der Waals surface area contributed by atoms with Gasteiger partial charge in [0.05, 0.1) is 0 Å². The molecular weight excluding hydrogens is 184 g/mol. The van der Waals surface area contributed by atoms with Crippen LogP contribution in [0, 0.1) is 0 Å². The van der Waals surface area contributed by atoms with Crippen molar-refractivity contribution >= 4 is 17.3 Å². The van der Waals surface area contributed by atoms with E-state index >= 15 is 0 Å². The number of carbonyl (C=O) groups is 1. The van der Waals surface area contributed by atoms with E-state index in [1.54, 1.807) is 17.4 Å². The average Bonchev–Trinajstić information content (AvgIpc) is 2.82. The first-order valence-corrected chi connectivity index (χ1v) is 5.14. The molecule has 3 heteroatoms. The Morgan fingerprint density at radius 3 is 2.31 bits per heavy atom. The fourth-order valence-corrected chi connectivity index (χ4v) is 1.55. The fraction of sp³-hybridized carbons (Fsp3) is 0.300. The van der Waals surface area contributed by atoms with Gasteiger partial charge in [-0.2, -0.15) is 11.3 Å². The second-order valence-corrected chi connectivity index (χ2v) is 3.54. The van der Waals surface area contributed by atoms with Crippen molar-refractivity contribution in [1.82, 2.24) is 0 Å². The smallest absolute Gasteiger partial charge is 0.331 e. The Kier molecular flexibility index (Phi) is 4.26. The van der Waals surface area contributed by atoms with E-state index < -0.39 is 5.97 Å². The maximum Gasteiger partial charge on any atom is 0.331 e. The van der Waals surface area contributed by atoms with Crippen molar-refractivity contribution in [3.05, 3.63) is 34.5 Å². The summed E-state index contributed by atoms with van der Waals surface area (Å²) in [5, 5.41) is 12.4. The lowest BCUT2D eigenvalue weighted by atomic mass is 10.2. The Morgan fingerprint density at radius 2 is 2.08 bits per heavy atom. The summed E-state index contributed by atoms with van der Waals surface area (Å²) in [5.74, 6) is -0.748. The number of carboxylic acid groups (broad SMARTS) is 1. The van der Waals surface area contributed by atoms with Crippen molar-refractivity contribution in [2.24, 2.45) is 0 Å². The van der Waals surface area contributed by atoms with Crippen molar-refractivity contribution < 1.29 is 9.90 Å². The van der Waals surface area contributed by atoms with Crippen LogP contribution in [-0.2, 0) is 4.79 Å². The predicted octanol–water partition coefficient (Wildman–Crippen LogP) is 2.93. The molecule has 1 aliphatic carbocycles. The molecule has 1 aromatic rings. The van der Waals surface area contributed by atoms with Crippen LogP contribution in [0.25, 0.3) is 0 Å². The van der Waals surface area contributed by atoms with Gasteiger partial charge in [0.2, 0.25) is 0 Å². The first-order chi connectivity index (χ1) is 6.30. The zero-order chi connectivity index (χ0) is 9.52. The van der Waals surface area contributed by atoms with Gasteiger partial charge >= 0.3 is 5.97 Å². The molecule has 1 N–H and O–H groups in total. The minimum atomic E-state index is -0.748. The van der Waals surface area contributed by atoms with E-state index in [2.05, 4.69) is 0 Å². The number of aliphatic carboxylic acids is 1. The van der Waals surface area contributed by atoms with E-state index in [0.29, 0.717) is 5.57 Å². The van der Waals surface area contributed by atoms with Gasteiger partial charge in [-0.3, -0.25) is 0 Å². The first-order valence-electron chi connectivity index (χ1n) is 4.20. The number of carboxylic acids is 1. The fourth-order valence-electron chi connectivity index (χ4n) is 1.09. The Balaban J connectivity index is 0.000000145. The summed E-state index contributed by atoms with van der Waals surface area (Å²) in [6.07, 6.45) is 4.51. The van der Waals surface area contributed by atoms with Gasteiger partial charge in [-0.15, -0.1) is 0 Å². The molecular formula is C10H12O2S. The van der Waals surface area contributed by atoms with Crippen molar-refractivity contribution in [2.45, 2.75) is 19.3 Å².